The van der Waals surface area contributed by atoms with Crippen LogP contribution in [-0.4, -0.2) is 59.5 Å². The number of sulfonamides is 1. The molecule has 2 aliphatic carbocycles. The van der Waals surface area contributed by atoms with Gasteiger partial charge in [-0.25, -0.2) is 8.42 Å². The summed E-state index contributed by atoms with van der Waals surface area (Å²) in [5, 5.41) is 6.12. The lowest BCUT2D eigenvalue weighted by Crippen LogP contribution is -2.42. The van der Waals surface area contributed by atoms with Crippen LogP contribution in [0.3, 0.4) is 0 Å². The zero-order valence-corrected chi connectivity index (χ0v) is 25.3. The average Bonchev–Trinajstić information content (AvgIpc) is 3.02. The van der Waals surface area contributed by atoms with Crippen molar-refractivity contribution in [3.8, 4) is 11.5 Å². The monoisotopic (exact) mass is 591 g/mol. The Morgan fingerprint density at radius 1 is 0.857 bits per heavy atom. The van der Waals surface area contributed by atoms with Crippen molar-refractivity contribution < 1.29 is 22.7 Å². The highest BCUT2D eigenvalue weighted by atomic mass is 32.2. The maximum atomic E-state index is 14.1. The molecule has 0 spiro atoms. The molecule has 0 aromatic heterocycles. The number of nitrogens with one attached hydrogen (secondary N) is 2. The van der Waals surface area contributed by atoms with Crippen molar-refractivity contribution >= 4 is 22.1 Å². The van der Waals surface area contributed by atoms with Crippen LogP contribution in [0, 0.1) is 11.8 Å². The Bertz CT molecular complexity index is 1460. The standard InChI is InChI=1S/C33H41N3O5S/c1-40-31-10-5-7-26-15-13-24(19-28(26)31)21-34-17-18-36(42(38,39)33-12-4-3-9-30(33)35-23-37)22-25-14-16-27-8-6-11-32(41-2)29(27)20-25/h3-12,23-25,34H,13-22H2,1-2H3,(H,35,37). The second kappa shape index (κ2) is 13.7. The Morgan fingerprint density at radius 3 is 2.12 bits per heavy atom. The van der Waals surface area contributed by atoms with Crippen LogP contribution in [0.25, 0.3) is 0 Å². The van der Waals surface area contributed by atoms with Crippen molar-refractivity contribution in [2.45, 2.75) is 43.4 Å². The summed E-state index contributed by atoms with van der Waals surface area (Å²) in [6.45, 7) is 2.07. The molecule has 224 valence electrons. The third kappa shape index (κ3) is 6.64. The van der Waals surface area contributed by atoms with Crippen LogP contribution in [0.1, 0.15) is 35.1 Å². The molecule has 0 aliphatic heterocycles. The first kappa shape index (κ1) is 30.1. The van der Waals surface area contributed by atoms with Gasteiger partial charge in [0, 0.05) is 19.6 Å². The van der Waals surface area contributed by atoms with Crippen LogP contribution in [0.4, 0.5) is 5.69 Å². The third-order valence-corrected chi connectivity index (χ3v) is 10.6. The number of aryl methyl sites for hydroxylation is 2. The van der Waals surface area contributed by atoms with E-state index in [1.54, 1.807) is 42.8 Å². The molecule has 2 unspecified atom stereocenters. The van der Waals surface area contributed by atoms with E-state index in [-0.39, 0.29) is 16.5 Å². The van der Waals surface area contributed by atoms with Crippen molar-refractivity contribution in [1.82, 2.24) is 9.62 Å². The quantitative estimate of drug-likeness (QED) is 0.225. The highest BCUT2D eigenvalue weighted by Crippen LogP contribution is 2.34. The molecule has 0 saturated heterocycles. The summed E-state index contributed by atoms with van der Waals surface area (Å²) in [6, 6.07) is 19.0. The van der Waals surface area contributed by atoms with Crippen molar-refractivity contribution in [3.05, 3.63) is 82.9 Å². The minimum absolute atomic E-state index is 0.113. The predicted octanol–water partition coefficient (Wildman–Crippen LogP) is 4.46. The summed E-state index contributed by atoms with van der Waals surface area (Å²) in [4.78, 5) is 11.4. The predicted molar refractivity (Wildman–Crippen MR) is 165 cm³/mol. The molecular formula is C33H41N3O5S. The second-order valence-electron chi connectivity index (χ2n) is 11.2. The fourth-order valence-corrected chi connectivity index (χ4v) is 8.16. The number of rotatable bonds is 13. The van der Waals surface area contributed by atoms with Crippen LogP contribution in [-0.2, 0) is 40.5 Å². The Kier molecular flexibility index (Phi) is 9.82. The van der Waals surface area contributed by atoms with Gasteiger partial charge in [0.05, 0.1) is 19.9 Å². The summed E-state index contributed by atoms with van der Waals surface area (Å²) in [6.07, 6.45) is 6.12. The topological polar surface area (TPSA) is 97.0 Å². The Balaban J connectivity index is 1.29. The van der Waals surface area contributed by atoms with Crippen LogP contribution in [0.2, 0.25) is 0 Å². The van der Waals surface area contributed by atoms with E-state index < -0.39 is 10.0 Å². The van der Waals surface area contributed by atoms with Crippen molar-refractivity contribution in [2.24, 2.45) is 11.8 Å². The first-order valence-corrected chi connectivity index (χ1v) is 16.2. The number of hydrogen-bond donors (Lipinski definition) is 2. The van der Waals surface area contributed by atoms with Gasteiger partial charge in [0.1, 0.15) is 16.4 Å². The Morgan fingerprint density at radius 2 is 1.48 bits per heavy atom. The number of methoxy groups -OCH3 is 2. The Labute approximate surface area is 249 Å². The fraction of sp³-hybridized carbons (Fsp3) is 0.424. The van der Waals surface area contributed by atoms with E-state index in [1.165, 1.54) is 22.3 Å². The molecule has 0 radical (unpaired) electrons. The average molecular weight is 592 g/mol. The van der Waals surface area contributed by atoms with Gasteiger partial charge in [0.2, 0.25) is 16.4 Å². The van der Waals surface area contributed by atoms with E-state index >= 15 is 0 Å². The number of anilines is 1. The summed E-state index contributed by atoms with van der Waals surface area (Å²) >= 11 is 0. The summed E-state index contributed by atoms with van der Waals surface area (Å²) in [5.41, 5.74) is 5.37. The molecule has 0 bridgehead atoms. The largest absolute Gasteiger partial charge is 0.496 e. The van der Waals surface area contributed by atoms with E-state index in [2.05, 4.69) is 28.8 Å². The lowest BCUT2D eigenvalue weighted by molar-refractivity contribution is -0.105. The lowest BCUT2D eigenvalue weighted by atomic mass is 9.83. The number of para-hydroxylation sites is 1. The van der Waals surface area contributed by atoms with Gasteiger partial charge < -0.3 is 20.1 Å². The molecule has 0 fully saturated rings. The number of amides is 1. The highest BCUT2D eigenvalue weighted by molar-refractivity contribution is 7.89. The second-order valence-corrected chi connectivity index (χ2v) is 13.1. The minimum Gasteiger partial charge on any atom is -0.496 e. The zero-order valence-electron chi connectivity index (χ0n) is 24.5. The molecular weight excluding hydrogens is 550 g/mol. The molecule has 5 rings (SSSR count). The van der Waals surface area contributed by atoms with E-state index in [9.17, 15) is 13.2 Å². The van der Waals surface area contributed by atoms with Gasteiger partial charge in [-0.2, -0.15) is 4.31 Å². The van der Waals surface area contributed by atoms with Gasteiger partial charge in [0.15, 0.2) is 0 Å². The molecule has 3 aromatic rings. The van der Waals surface area contributed by atoms with E-state index in [0.717, 1.165) is 56.6 Å². The fourth-order valence-electron chi connectivity index (χ4n) is 6.49. The van der Waals surface area contributed by atoms with Crippen molar-refractivity contribution in [1.29, 1.82) is 0 Å². The van der Waals surface area contributed by atoms with Crippen molar-refractivity contribution in [3.63, 3.8) is 0 Å². The van der Waals surface area contributed by atoms with Gasteiger partial charge in [0.25, 0.3) is 0 Å². The first-order chi connectivity index (χ1) is 20.4. The van der Waals surface area contributed by atoms with Crippen LogP contribution in [0.15, 0.2) is 65.6 Å². The smallest absolute Gasteiger partial charge is 0.245 e. The molecule has 9 heteroatoms. The molecule has 0 saturated carbocycles. The number of ether oxygens (including phenoxy) is 2. The number of hydrogen-bond acceptors (Lipinski definition) is 6. The number of nitrogens with zero attached hydrogens (tertiary/aromatic N) is 1. The van der Waals surface area contributed by atoms with Crippen LogP contribution in [0.5, 0.6) is 11.5 Å². The summed E-state index contributed by atoms with van der Waals surface area (Å²) < 4.78 is 41.0. The van der Waals surface area contributed by atoms with E-state index in [1.807, 2.05) is 18.2 Å². The lowest BCUT2D eigenvalue weighted by Gasteiger charge is -2.32. The summed E-state index contributed by atoms with van der Waals surface area (Å²) in [7, 11) is -0.478. The third-order valence-electron chi connectivity index (χ3n) is 8.68. The maximum absolute atomic E-state index is 14.1. The first-order valence-electron chi connectivity index (χ1n) is 14.7. The molecule has 2 N–H and O–H groups in total. The van der Waals surface area contributed by atoms with Crippen LogP contribution < -0.4 is 20.1 Å². The molecule has 0 heterocycles. The number of carbonyl (C=O) groups excluding carboxylic acids is 1. The summed E-state index contributed by atoms with van der Waals surface area (Å²) in [5.74, 6) is 2.41. The molecule has 2 atom stereocenters. The van der Waals surface area contributed by atoms with Crippen molar-refractivity contribution in [2.75, 3.05) is 45.7 Å². The SMILES string of the molecule is COc1cccc2c1CC(CNCCN(CC1CCc3cccc(OC)c3C1)S(=O)(=O)c1ccccc1NC=O)CC2. The molecule has 1 amide bonds. The number of fused-ring (bicyclic) bond motifs is 2. The van der Waals surface area contributed by atoms with Gasteiger partial charge in [-0.3, -0.25) is 4.79 Å². The number of benzene rings is 3. The highest BCUT2D eigenvalue weighted by Gasteiger charge is 2.31. The van der Waals surface area contributed by atoms with E-state index in [0.29, 0.717) is 32.0 Å². The van der Waals surface area contributed by atoms with E-state index in [4.69, 9.17) is 9.47 Å². The maximum Gasteiger partial charge on any atom is 0.245 e. The molecule has 3 aromatic carbocycles. The van der Waals surface area contributed by atoms with Crippen LogP contribution >= 0.6 is 0 Å². The normalized spacial score (nSPS) is 18.2. The van der Waals surface area contributed by atoms with Gasteiger partial charge in [-0.05, 0) is 103 Å². The molecule has 42 heavy (non-hydrogen) atoms. The zero-order chi connectivity index (χ0) is 29.5. The van der Waals surface area contributed by atoms with Gasteiger partial charge in [-0.15, -0.1) is 0 Å². The number of carbonyl (C=O) groups is 1. The Hall–Kier alpha value is -3.40. The minimum atomic E-state index is -3.88. The molecule has 2 aliphatic rings. The van der Waals surface area contributed by atoms with Gasteiger partial charge >= 0.3 is 0 Å². The van der Waals surface area contributed by atoms with Gasteiger partial charge in [-0.1, -0.05) is 36.4 Å². The molecule has 8 nitrogen and oxygen atoms in total.